The van der Waals surface area contributed by atoms with Crippen molar-refractivity contribution in [3.8, 4) is 5.75 Å². The van der Waals surface area contributed by atoms with Crippen molar-refractivity contribution >= 4 is 27.3 Å². The van der Waals surface area contributed by atoms with Crippen molar-refractivity contribution in [2.45, 2.75) is 6.61 Å². The van der Waals surface area contributed by atoms with E-state index in [2.05, 4.69) is 4.90 Å². The van der Waals surface area contributed by atoms with Gasteiger partial charge in [-0.15, -0.1) is 0 Å². The molecule has 1 aliphatic heterocycles. The van der Waals surface area contributed by atoms with Gasteiger partial charge in [0.2, 0.25) is 15.9 Å². The Labute approximate surface area is 205 Å². The molecule has 0 aromatic heterocycles. The average molecular weight is 498 g/mol. The number of hydrogen-bond acceptors (Lipinski definition) is 5. The maximum Gasteiger partial charge on any atom is 0.243 e. The Morgan fingerprint density at radius 3 is 2.14 bits per heavy atom. The largest absolute Gasteiger partial charge is 0.489 e. The molecule has 0 spiro atoms. The quantitative estimate of drug-likeness (QED) is 0.476. The molecule has 0 atom stereocenters. The summed E-state index contributed by atoms with van der Waals surface area (Å²) in [5, 5.41) is 0. The molecule has 1 saturated heterocycles. The molecule has 0 bridgehead atoms. The third kappa shape index (κ3) is 6.51. The maximum absolute atomic E-state index is 13.2. The Kier molecular flexibility index (Phi) is 7.55. The van der Waals surface area contributed by atoms with Gasteiger partial charge in [-0.2, -0.15) is 0 Å². The minimum absolute atomic E-state index is 0.265. The Morgan fingerprint density at radius 1 is 0.914 bits per heavy atom. The number of carbonyl (C=O) groups excluding carboxylic acids is 1. The smallest absolute Gasteiger partial charge is 0.243 e. The fourth-order valence-electron chi connectivity index (χ4n) is 3.94. The van der Waals surface area contributed by atoms with Crippen LogP contribution in [0.2, 0.25) is 0 Å². The minimum Gasteiger partial charge on any atom is -0.489 e. The van der Waals surface area contributed by atoms with Crippen LogP contribution in [0.3, 0.4) is 0 Å². The monoisotopic (exact) mass is 497 g/mol. The number of anilines is 2. The molecule has 4 rings (SSSR count). The summed E-state index contributed by atoms with van der Waals surface area (Å²) in [6.07, 6.45) is 1.09. The predicted molar refractivity (Wildman–Crippen MR) is 135 cm³/mol. The molecule has 0 aliphatic carbocycles. The summed E-state index contributed by atoms with van der Waals surface area (Å²) in [5.74, 6) is 0.0482. The first-order valence-electron chi connectivity index (χ1n) is 11.3. The number of carbonyl (C=O) groups is 1. The van der Waals surface area contributed by atoms with E-state index in [4.69, 9.17) is 4.74 Å². The van der Waals surface area contributed by atoms with Gasteiger partial charge in [0.25, 0.3) is 0 Å². The molecule has 1 heterocycles. The van der Waals surface area contributed by atoms with Crippen molar-refractivity contribution < 1.29 is 22.3 Å². The number of ether oxygens (including phenoxy) is 1. The van der Waals surface area contributed by atoms with Crippen molar-refractivity contribution in [3.05, 3.63) is 90.2 Å². The lowest BCUT2D eigenvalue weighted by atomic mass is 10.2. The van der Waals surface area contributed by atoms with E-state index in [1.165, 1.54) is 12.1 Å². The molecule has 1 aliphatic rings. The van der Waals surface area contributed by atoms with Crippen LogP contribution in [0.4, 0.5) is 15.8 Å². The second-order valence-corrected chi connectivity index (χ2v) is 10.3. The van der Waals surface area contributed by atoms with Crippen LogP contribution >= 0.6 is 0 Å². The first-order chi connectivity index (χ1) is 16.8. The van der Waals surface area contributed by atoms with Crippen LogP contribution in [-0.4, -0.2) is 58.2 Å². The van der Waals surface area contributed by atoms with E-state index < -0.39 is 10.0 Å². The molecule has 3 aromatic rings. The molecule has 184 valence electrons. The first-order valence-corrected chi connectivity index (χ1v) is 13.2. The molecule has 0 N–H and O–H groups in total. The highest BCUT2D eigenvalue weighted by atomic mass is 32.2. The Bertz CT molecular complexity index is 1230. The van der Waals surface area contributed by atoms with E-state index in [1.807, 2.05) is 30.3 Å². The fourth-order valence-corrected chi connectivity index (χ4v) is 4.79. The van der Waals surface area contributed by atoms with Crippen molar-refractivity contribution in [3.63, 3.8) is 0 Å². The number of amides is 1. The summed E-state index contributed by atoms with van der Waals surface area (Å²) in [7, 11) is -3.68. The SMILES string of the molecule is CS(=O)(=O)N(CC(=O)N1CCN(c2ccc(F)cc2)CC1)c1ccc(OCc2ccccc2)cc1. The van der Waals surface area contributed by atoms with Crippen LogP contribution in [0, 0.1) is 5.82 Å². The van der Waals surface area contributed by atoms with Gasteiger partial charge in [0.05, 0.1) is 11.9 Å². The Balaban J connectivity index is 1.36. The van der Waals surface area contributed by atoms with Crippen LogP contribution < -0.4 is 13.9 Å². The summed E-state index contributed by atoms with van der Waals surface area (Å²) in [6, 6.07) is 22.7. The van der Waals surface area contributed by atoms with Crippen molar-refractivity contribution in [1.82, 2.24) is 4.90 Å². The van der Waals surface area contributed by atoms with E-state index in [-0.39, 0.29) is 18.3 Å². The van der Waals surface area contributed by atoms with E-state index >= 15 is 0 Å². The third-order valence-electron chi connectivity index (χ3n) is 5.88. The van der Waals surface area contributed by atoms with Gasteiger partial charge in [-0.3, -0.25) is 9.10 Å². The van der Waals surface area contributed by atoms with E-state index in [0.717, 1.165) is 21.8 Å². The molecular formula is C26H28FN3O4S. The number of hydrogen-bond donors (Lipinski definition) is 0. The molecule has 0 radical (unpaired) electrons. The Morgan fingerprint density at radius 2 is 1.54 bits per heavy atom. The lowest BCUT2D eigenvalue weighted by molar-refractivity contribution is -0.129. The van der Waals surface area contributed by atoms with E-state index in [9.17, 15) is 17.6 Å². The van der Waals surface area contributed by atoms with Crippen LogP contribution in [0.1, 0.15) is 5.56 Å². The molecule has 35 heavy (non-hydrogen) atoms. The number of sulfonamides is 1. The van der Waals surface area contributed by atoms with Gasteiger partial charge < -0.3 is 14.5 Å². The van der Waals surface area contributed by atoms with Crippen LogP contribution in [0.15, 0.2) is 78.9 Å². The van der Waals surface area contributed by atoms with Gasteiger partial charge in [0, 0.05) is 31.9 Å². The highest BCUT2D eigenvalue weighted by molar-refractivity contribution is 7.92. The lowest BCUT2D eigenvalue weighted by Gasteiger charge is -2.37. The second-order valence-electron chi connectivity index (χ2n) is 8.38. The topological polar surface area (TPSA) is 70.2 Å². The Hall–Kier alpha value is -3.59. The zero-order valence-electron chi connectivity index (χ0n) is 19.5. The fraction of sp³-hybridized carbons (Fsp3) is 0.269. The minimum atomic E-state index is -3.68. The highest BCUT2D eigenvalue weighted by Crippen LogP contribution is 2.23. The summed E-state index contributed by atoms with van der Waals surface area (Å²) in [5.41, 5.74) is 2.32. The van der Waals surface area contributed by atoms with Crippen LogP contribution in [0.5, 0.6) is 5.75 Å². The zero-order chi connectivity index (χ0) is 24.8. The van der Waals surface area contributed by atoms with Gasteiger partial charge in [0.1, 0.15) is 24.7 Å². The third-order valence-corrected chi connectivity index (χ3v) is 7.02. The summed E-state index contributed by atoms with van der Waals surface area (Å²) in [6.45, 7) is 2.21. The normalized spacial score (nSPS) is 14.0. The van der Waals surface area contributed by atoms with Crippen molar-refractivity contribution in [2.75, 3.05) is 48.2 Å². The summed E-state index contributed by atoms with van der Waals surface area (Å²) in [4.78, 5) is 16.7. The van der Waals surface area contributed by atoms with E-state index in [0.29, 0.717) is 44.2 Å². The molecule has 9 heteroatoms. The maximum atomic E-state index is 13.2. The van der Waals surface area contributed by atoms with Crippen molar-refractivity contribution in [2.24, 2.45) is 0 Å². The zero-order valence-corrected chi connectivity index (χ0v) is 20.3. The number of benzene rings is 3. The van der Waals surface area contributed by atoms with Gasteiger partial charge in [-0.05, 0) is 54.1 Å². The number of rotatable bonds is 8. The van der Waals surface area contributed by atoms with Crippen molar-refractivity contribution in [1.29, 1.82) is 0 Å². The molecule has 0 saturated carbocycles. The molecule has 7 nitrogen and oxygen atoms in total. The molecule has 0 unspecified atom stereocenters. The summed E-state index contributed by atoms with van der Waals surface area (Å²) >= 11 is 0. The summed E-state index contributed by atoms with van der Waals surface area (Å²) < 4.78 is 45.1. The highest BCUT2D eigenvalue weighted by Gasteiger charge is 2.26. The number of nitrogens with zero attached hydrogens (tertiary/aromatic N) is 3. The van der Waals surface area contributed by atoms with Crippen LogP contribution in [0.25, 0.3) is 0 Å². The molecule has 3 aromatic carbocycles. The number of piperazine rings is 1. The average Bonchev–Trinajstić information content (AvgIpc) is 2.87. The standard InChI is InChI=1S/C26H28FN3O4S/c1-35(32,33)30(24-11-13-25(14-12-24)34-20-21-5-3-2-4-6-21)19-26(31)29-17-15-28(16-18-29)23-9-7-22(27)8-10-23/h2-14H,15-20H2,1H3. The predicted octanol–water partition coefficient (Wildman–Crippen LogP) is 3.52. The lowest BCUT2D eigenvalue weighted by Crippen LogP contribution is -2.52. The number of halogens is 1. The van der Waals surface area contributed by atoms with Gasteiger partial charge in [-0.1, -0.05) is 30.3 Å². The molecule has 1 fully saturated rings. The van der Waals surface area contributed by atoms with E-state index in [1.54, 1.807) is 41.3 Å². The first kappa shape index (κ1) is 24.5. The second kappa shape index (κ2) is 10.8. The van der Waals surface area contributed by atoms with Gasteiger partial charge >= 0.3 is 0 Å². The van der Waals surface area contributed by atoms with Gasteiger partial charge in [-0.25, -0.2) is 12.8 Å². The van der Waals surface area contributed by atoms with Crippen LogP contribution in [-0.2, 0) is 21.4 Å². The molecular weight excluding hydrogens is 469 g/mol. The molecule has 1 amide bonds. The van der Waals surface area contributed by atoms with Gasteiger partial charge in [0.15, 0.2) is 0 Å².